The maximum Gasteiger partial charge on any atom is 0.224 e. The molecule has 3 aromatic heterocycles. The molecule has 0 saturated heterocycles. The summed E-state index contributed by atoms with van der Waals surface area (Å²) in [7, 11) is 1.97. The quantitative estimate of drug-likeness (QED) is 0.613. The first kappa shape index (κ1) is 19.0. The first-order chi connectivity index (χ1) is 11.1. The van der Waals surface area contributed by atoms with Crippen molar-refractivity contribution in [3.63, 3.8) is 0 Å². The average molecular weight is 387 g/mol. The van der Waals surface area contributed by atoms with Gasteiger partial charge in [-0.2, -0.15) is 4.98 Å². The van der Waals surface area contributed by atoms with Crippen LogP contribution in [0.15, 0.2) is 22.8 Å². The first-order valence-electron chi connectivity index (χ1n) is 7.47. The smallest absolute Gasteiger partial charge is 0.224 e. The van der Waals surface area contributed by atoms with Crippen molar-refractivity contribution in [1.82, 2.24) is 15.3 Å². The van der Waals surface area contributed by atoms with E-state index in [9.17, 15) is 0 Å². The number of thiophene rings is 1. The maximum atomic E-state index is 6.11. The molecular weight excluding hydrogens is 367 g/mol. The highest BCUT2D eigenvalue weighted by Crippen LogP contribution is 2.35. The third-order valence-electron chi connectivity index (χ3n) is 3.83. The fraction of sp³-hybridized carbons (Fsp3) is 0.375. The van der Waals surface area contributed by atoms with Crippen LogP contribution in [0.3, 0.4) is 0 Å². The summed E-state index contributed by atoms with van der Waals surface area (Å²) in [5, 5.41) is 6.83. The molecule has 0 aliphatic rings. The minimum Gasteiger partial charge on any atom is -0.467 e. The van der Waals surface area contributed by atoms with Gasteiger partial charge in [0.2, 0.25) is 5.28 Å². The zero-order valence-electron chi connectivity index (χ0n) is 13.7. The molecule has 0 amide bonds. The summed E-state index contributed by atoms with van der Waals surface area (Å²) in [6, 6.07) is 4.20. The molecule has 1 atom stereocenters. The molecule has 0 aliphatic carbocycles. The predicted octanol–water partition coefficient (Wildman–Crippen LogP) is 4.43. The Hall–Kier alpha value is -1.34. The molecule has 0 aliphatic heterocycles. The second-order valence-corrected chi connectivity index (χ2v) is 6.94. The number of likely N-dealkylation sites (N-methyl/N-ethyl adjacent to an activating group) is 1. The van der Waals surface area contributed by atoms with Crippen LogP contribution in [-0.4, -0.2) is 23.1 Å². The standard InChI is InChI=1S/C16H19ClN4OS.ClH/c1-9(18-3)7-12-10(2)13-14(23-12)15(21-16(17)20-13)19-8-11-5-4-6-22-11;/h4-6,9,18H,7-8H2,1-3H3,(H,19,20,21);1H/t9-;/m0./s1. The Bertz CT molecular complexity index is 804. The normalized spacial score (nSPS) is 12.2. The molecule has 0 saturated carbocycles. The van der Waals surface area contributed by atoms with Crippen molar-refractivity contribution in [2.24, 2.45) is 0 Å². The molecule has 0 fully saturated rings. The molecule has 2 N–H and O–H groups in total. The van der Waals surface area contributed by atoms with Crippen molar-refractivity contribution < 1.29 is 4.42 Å². The molecule has 0 bridgehead atoms. The number of furan rings is 1. The Morgan fingerprint density at radius 2 is 2.17 bits per heavy atom. The van der Waals surface area contributed by atoms with Crippen molar-refractivity contribution >= 4 is 51.4 Å². The number of hydrogen-bond acceptors (Lipinski definition) is 6. The van der Waals surface area contributed by atoms with Gasteiger partial charge in [-0.05, 0) is 56.6 Å². The van der Waals surface area contributed by atoms with Crippen LogP contribution in [0.1, 0.15) is 23.1 Å². The van der Waals surface area contributed by atoms with Gasteiger partial charge in [-0.15, -0.1) is 23.7 Å². The minimum atomic E-state index is 0. The van der Waals surface area contributed by atoms with Gasteiger partial charge in [-0.1, -0.05) is 0 Å². The summed E-state index contributed by atoms with van der Waals surface area (Å²) >= 11 is 7.83. The molecule has 3 aromatic rings. The number of nitrogens with one attached hydrogen (secondary N) is 2. The molecule has 5 nitrogen and oxygen atoms in total. The fourth-order valence-electron chi connectivity index (χ4n) is 2.38. The van der Waals surface area contributed by atoms with Crippen molar-refractivity contribution in [2.45, 2.75) is 32.9 Å². The van der Waals surface area contributed by atoms with E-state index >= 15 is 0 Å². The minimum absolute atomic E-state index is 0. The molecule has 0 aromatic carbocycles. The van der Waals surface area contributed by atoms with E-state index in [1.54, 1.807) is 17.6 Å². The van der Waals surface area contributed by atoms with E-state index in [-0.39, 0.29) is 17.7 Å². The predicted molar refractivity (Wildman–Crippen MR) is 103 cm³/mol. The van der Waals surface area contributed by atoms with Crippen LogP contribution in [0.2, 0.25) is 5.28 Å². The van der Waals surface area contributed by atoms with Gasteiger partial charge in [0.25, 0.3) is 0 Å². The number of nitrogens with zero attached hydrogens (tertiary/aromatic N) is 2. The number of aromatic nitrogens is 2. The lowest BCUT2D eigenvalue weighted by molar-refractivity contribution is 0.518. The molecule has 0 radical (unpaired) electrons. The van der Waals surface area contributed by atoms with Crippen molar-refractivity contribution in [3.8, 4) is 0 Å². The lowest BCUT2D eigenvalue weighted by Gasteiger charge is -2.08. The van der Waals surface area contributed by atoms with Crippen molar-refractivity contribution in [1.29, 1.82) is 0 Å². The third-order valence-corrected chi connectivity index (χ3v) is 5.31. The van der Waals surface area contributed by atoms with Crippen LogP contribution in [0.25, 0.3) is 10.2 Å². The Morgan fingerprint density at radius 3 is 2.83 bits per heavy atom. The first-order valence-corrected chi connectivity index (χ1v) is 8.67. The Morgan fingerprint density at radius 1 is 1.38 bits per heavy atom. The Labute approximate surface area is 156 Å². The highest BCUT2D eigenvalue weighted by Gasteiger charge is 2.17. The van der Waals surface area contributed by atoms with Gasteiger partial charge >= 0.3 is 0 Å². The van der Waals surface area contributed by atoms with E-state index in [0.29, 0.717) is 12.6 Å². The van der Waals surface area contributed by atoms with Crippen molar-refractivity contribution in [2.75, 3.05) is 12.4 Å². The maximum absolute atomic E-state index is 6.11. The zero-order valence-corrected chi connectivity index (χ0v) is 16.1. The van der Waals surface area contributed by atoms with Gasteiger partial charge < -0.3 is 15.1 Å². The molecule has 8 heteroatoms. The summed E-state index contributed by atoms with van der Waals surface area (Å²) in [6.45, 7) is 4.82. The van der Waals surface area contributed by atoms with Crippen LogP contribution in [-0.2, 0) is 13.0 Å². The number of fused-ring (bicyclic) bond motifs is 1. The van der Waals surface area contributed by atoms with Crippen molar-refractivity contribution in [3.05, 3.63) is 39.9 Å². The highest BCUT2D eigenvalue weighted by atomic mass is 35.5. The zero-order chi connectivity index (χ0) is 16.4. The second-order valence-electron chi connectivity index (χ2n) is 5.50. The summed E-state index contributed by atoms with van der Waals surface area (Å²) < 4.78 is 6.39. The fourth-order valence-corrected chi connectivity index (χ4v) is 3.89. The van der Waals surface area contributed by atoms with Crippen LogP contribution in [0.4, 0.5) is 5.82 Å². The summed E-state index contributed by atoms with van der Waals surface area (Å²) in [6.07, 6.45) is 2.62. The average Bonchev–Trinajstić information content (AvgIpc) is 3.15. The van der Waals surface area contributed by atoms with Gasteiger partial charge in [0.1, 0.15) is 11.6 Å². The highest BCUT2D eigenvalue weighted by molar-refractivity contribution is 7.19. The van der Waals surface area contributed by atoms with Crippen LogP contribution in [0.5, 0.6) is 0 Å². The molecule has 0 spiro atoms. The van der Waals surface area contributed by atoms with E-state index < -0.39 is 0 Å². The number of halogens is 2. The van der Waals surface area contributed by atoms with E-state index in [1.807, 2.05) is 19.2 Å². The molecule has 3 heterocycles. The number of aryl methyl sites for hydroxylation is 1. The molecular formula is C16H20Cl2N4OS. The van der Waals surface area contributed by atoms with Gasteiger partial charge in [0.15, 0.2) is 0 Å². The number of hydrogen-bond donors (Lipinski definition) is 2. The summed E-state index contributed by atoms with van der Waals surface area (Å²) in [4.78, 5) is 10.1. The largest absolute Gasteiger partial charge is 0.467 e. The second kappa shape index (κ2) is 8.16. The molecule has 0 unspecified atom stereocenters. The topological polar surface area (TPSA) is 63.0 Å². The van der Waals surface area contributed by atoms with Gasteiger partial charge in [-0.3, -0.25) is 0 Å². The van der Waals surface area contributed by atoms with E-state index in [0.717, 1.165) is 28.2 Å². The Kier molecular flexibility index (Phi) is 6.46. The van der Waals surface area contributed by atoms with Crippen LogP contribution in [0, 0.1) is 6.92 Å². The lowest BCUT2D eigenvalue weighted by Crippen LogP contribution is -2.23. The van der Waals surface area contributed by atoms with E-state index in [4.69, 9.17) is 16.0 Å². The Balaban J connectivity index is 0.00000208. The van der Waals surface area contributed by atoms with Gasteiger partial charge in [0.05, 0.1) is 23.0 Å². The monoisotopic (exact) mass is 386 g/mol. The van der Waals surface area contributed by atoms with Gasteiger partial charge in [-0.25, -0.2) is 4.98 Å². The third kappa shape index (κ3) is 4.00. The van der Waals surface area contributed by atoms with Gasteiger partial charge in [0, 0.05) is 10.9 Å². The SMILES string of the molecule is CN[C@@H](C)Cc1sc2c(NCc3ccco3)nc(Cl)nc2c1C.Cl. The molecule has 3 rings (SSSR count). The molecule has 24 heavy (non-hydrogen) atoms. The van der Waals surface area contributed by atoms with E-state index in [2.05, 4.69) is 34.4 Å². The van der Waals surface area contributed by atoms with Crippen LogP contribution < -0.4 is 10.6 Å². The van der Waals surface area contributed by atoms with E-state index in [1.165, 1.54) is 10.4 Å². The number of anilines is 1. The van der Waals surface area contributed by atoms with Crippen LogP contribution >= 0.6 is 35.3 Å². The number of rotatable bonds is 6. The molecule has 130 valence electrons. The lowest BCUT2D eigenvalue weighted by atomic mass is 10.1. The summed E-state index contributed by atoms with van der Waals surface area (Å²) in [5.41, 5.74) is 2.10. The summed E-state index contributed by atoms with van der Waals surface area (Å²) in [5.74, 6) is 1.61.